The minimum atomic E-state index is -0.323. The van der Waals surface area contributed by atoms with Crippen molar-refractivity contribution in [1.29, 1.82) is 0 Å². The lowest BCUT2D eigenvalue weighted by molar-refractivity contribution is -0.119. The van der Waals surface area contributed by atoms with E-state index in [2.05, 4.69) is 17.4 Å². The number of aryl methyl sites for hydroxylation is 1. The van der Waals surface area contributed by atoms with Crippen molar-refractivity contribution < 1.29 is 9.18 Å². The maximum absolute atomic E-state index is 13.7. The van der Waals surface area contributed by atoms with Gasteiger partial charge in [0.2, 0.25) is 5.91 Å². The van der Waals surface area contributed by atoms with E-state index in [9.17, 15) is 9.18 Å². The highest BCUT2D eigenvalue weighted by Crippen LogP contribution is 2.29. The lowest BCUT2D eigenvalue weighted by atomic mass is 9.88. The van der Waals surface area contributed by atoms with Gasteiger partial charge in [0.05, 0.1) is 11.8 Å². The maximum atomic E-state index is 13.7. The van der Waals surface area contributed by atoms with Crippen molar-refractivity contribution in [2.75, 3.05) is 5.75 Å². The van der Waals surface area contributed by atoms with Crippen molar-refractivity contribution in [2.45, 2.75) is 31.1 Å². The molecule has 1 aliphatic carbocycles. The maximum Gasteiger partial charge on any atom is 0.230 e. The van der Waals surface area contributed by atoms with Crippen LogP contribution in [-0.4, -0.2) is 11.7 Å². The largest absolute Gasteiger partial charge is 0.349 e. The molecule has 2 aromatic rings. The molecule has 0 fully saturated rings. The number of rotatable bonds is 5. The van der Waals surface area contributed by atoms with E-state index in [-0.39, 0.29) is 17.8 Å². The van der Waals surface area contributed by atoms with Crippen LogP contribution in [0.25, 0.3) is 0 Å². The number of hydrogen-bond donors (Lipinski definition) is 1. The molecule has 2 nitrogen and oxygen atoms in total. The van der Waals surface area contributed by atoms with E-state index in [0.717, 1.165) is 19.3 Å². The number of nitrogens with one attached hydrogen (secondary N) is 1. The zero-order valence-corrected chi connectivity index (χ0v) is 14.8. The third-order valence-corrected chi connectivity index (χ3v) is 5.43. The van der Waals surface area contributed by atoms with Gasteiger partial charge in [0.25, 0.3) is 0 Å². The predicted octanol–water partition coefficient (Wildman–Crippen LogP) is 4.91. The van der Waals surface area contributed by atoms with E-state index in [1.807, 2.05) is 12.1 Å². The van der Waals surface area contributed by atoms with Crippen LogP contribution in [-0.2, 0) is 17.0 Å². The molecule has 0 bridgehead atoms. The van der Waals surface area contributed by atoms with Gasteiger partial charge in [-0.2, -0.15) is 0 Å². The summed E-state index contributed by atoms with van der Waals surface area (Å²) in [5, 5.41) is 3.49. The van der Waals surface area contributed by atoms with E-state index in [1.165, 1.54) is 29.0 Å². The Bertz CT molecular complexity index is 737. The molecule has 1 amide bonds. The molecule has 0 spiro atoms. The molecular formula is C19H19ClFNOS. The molecule has 1 atom stereocenters. The monoisotopic (exact) mass is 363 g/mol. The van der Waals surface area contributed by atoms with Crippen LogP contribution >= 0.6 is 23.4 Å². The zero-order valence-electron chi connectivity index (χ0n) is 13.2. The summed E-state index contributed by atoms with van der Waals surface area (Å²) in [5.41, 5.74) is 3.12. The number of amides is 1. The van der Waals surface area contributed by atoms with E-state index < -0.39 is 0 Å². The summed E-state index contributed by atoms with van der Waals surface area (Å²) in [5.74, 6) is 0.450. The summed E-state index contributed by atoms with van der Waals surface area (Å²) >= 11 is 7.15. The van der Waals surface area contributed by atoms with Gasteiger partial charge in [0.15, 0.2) is 0 Å². The summed E-state index contributed by atoms with van der Waals surface area (Å²) in [6.07, 6.45) is 3.14. The molecule has 126 valence electrons. The minimum absolute atomic E-state index is 0.00363. The Kier molecular flexibility index (Phi) is 5.80. The van der Waals surface area contributed by atoms with Crippen LogP contribution in [0.1, 0.15) is 35.6 Å². The summed E-state index contributed by atoms with van der Waals surface area (Å²) in [6, 6.07) is 13.0. The Morgan fingerprint density at radius 2 is 2.12 bits per heavy atom. The third kappa shape index (κ3) is 4.31. The topological polar surface area (TPSA) is 29.1 Å². The molecule has 1 aliphatic rings. The standard InChI is InChI=1S/C19H19ClFNOS/c20-15-9-8-14(17(21)10-15)11-24-12-19(23)22-18-7-3-5-13-4-1-2-6-16(13)18/h1-2,4,6,8-10,18H,3,5,7,11-12H2,(H,22,23)/t18-/m0/s1. The van der Waals surface area contributed by atoms with Crippen molar-refractivity contribution in [3.05, 3.63) is 70.0 Å². The molecule has 24 heavy (non-hydrogen) atoms. The summed E-state index contributed by atoms with van der Waals surface area (Å²) in [6.45, 7) is 0. The Balaban J connectivity index is 1.52. The molecule has 2 aromatic carbocycles. The summed E-state index contributed by atoms with van der Waals surface area (Å²) in [7, 11) is 0. The second-order valence-electron chi connectivity index (χ2n) is 5.94. The number of halogens is 2. The van der Waals surface area contributed by atoms with E-state index >= 15 is 0 Å². The molecule has 1 N–H and O–H groups in total. The quantitative estimate of drug-likeness (QED) is 0.818. The highest BCUT2D eigenvalue weighted by atomic mass is 35.5. The van der Waals surface area contributed by atoms with Crippen molar-refractivity contribution in [3.63, 3.8) is 0 Å². The van der Waals surface area contributed by atoms with Gasteiger partial charge in [-0.15, -0.1) is 11.8 Å². The average molecular weight is 364 g/mol. The molecule has 3 rings (SSSR count). The number of hydrogen-bond acceptors (Lipinski definition) is 2. The first-order valence-electron chi connectivity index (χ1n) is 8.02. The van der Waals surface area contributed by atoms with Gasteiger partial charge in [0, 0.05) is 10.8 Å². The van der Waals surface area contributed by atoms with Crippen LogP contribution < -0.4 is 5.32 Å². The van der Waals surface area contributed by atoms with Gasteiger partial charge >= 0.3 is 0 Å². The number of thioether (sulfide) groups is 1. The Morgan fingerprint density at radius 1 is 1.29 bits per heavy atom. The molecule has 0 saturated heterocycles. The molecule has 0 saturated carbocycles. The number of fused-ring (bicyclic) bond motifs is 1. The molecule has 5 heteroatoms. The smallest absolute Gasteiger partial charge is 0.230 e. The van der Waals surface area contributed by atoms with Gasteiger partial charge < -0.3 is 5.32 Å². The van der Waals surface area contributed by atoms with Gasteiger partial charge in [-0.05, 0) is 48.1 Å². The molecule has 0 heterocycles. The van der Waals surface area contributed by atoms with Gasteiger partial charge in [-0.3, -0.25) is 4.79 Å². The fourth-order valence-electron chi connectivity index (χ4n) is 3.03. The van der Waals surface area contributed by atoms with Crippen LogP contribution in [0.2, 0.25) is 5.02 Å². The molecule has 0 aliphatic heterocycles. The Hall–Kier alpha value is -1.52. The third-order valence-electron chi connectivity index (χ3n) is 4.21. The zero-order chi connectivity index (χ0) is 16.9. The first kappa shape index (κ1) is 17.3. The summed E-state index contributed by atoms with van der Waals surface area (Å²) < 4.78 is 13.7. The second-order valence-corrected chi connectivity index (χ2v) is 7.36. The van der Waals surface area contributed by atoms with E-state index in [0.29, 0.717) is 22.1 Å². The van der Waals surface area contributed by atoms with Crippen LogP contribution in [0.4, 0.5) is 4.39 Å². The molecular weight excluding hydrogens is 345 g/mol. The number of benzene rings is 2. The molecule has 0 aromatic heterocycles. The van der Waals surface area contributed by atoms with Crippen molar-refractivity contribution >= 4 is 29.3 Å². The molecule has 0 unspecified atom stereocenters. The number of carbonyl (C=O) groups is 1. The first-order chi connectivity index (χ1) is 11.6. The van der Waals surface area contributed by atoms with Crippen molar-refractivity contribution in [3.8, 4) is 0 Å². The van der Waals surface area contributed by atoms with Crippen molar-refractivity contribution in [1.82, 2.24) is 5.32 Å². The van der Waals surface area contributed by atoms with Crippen LogP contribution in [0, 0.1) is 5.82 Å². The Morgan fingerprint density at radius 3 is 2.96 bits per heavy atom. The highest BCUT2D eigenvalue weighted by molar-refractivity contribution is 7.99. The number of carbonyl (C=O) groups excluding carboxylic acids is 1. The normalized spacial score (nSPS) is 16.5. The Labute approximate surface area is 150 Å². The van der Waals surface area contributed by atoms with Crippen LogP contribution in [0.5, 0.6) is 0 Å². The second kappa shape index (κ2) is 8.04. The average Bonchev–Trinajstić information content (AvgIpc) is 2.57. The minimum Gasteiger partial charge on any atom is -0.349 e. The van der Waals surface area contributed by atoms with E-state index in [1.54, 1.807) is 12.1 Å². The summed E-state index contributed by atoms with van der Waals surface area (Å²) in [4.78, 5) is 12.2. The first-order valence-corrected chi connectivity index (χ1v) is 9.55. The predicted molar refractivity (Wildman–Crippen MR) is 97.8 cm³/mol. The SMILES string of the molecule is O=C(CSCc1ccc(Cl)cc1F)N[C@H]1CCCc2ccccc21. The lowest BCUT2D eigenvalue weighted by Crippen LogP contribution is -2.32. The fourth-order valence-corrected chi connectivity index (χ4v) is 4.02. The van der Waals surface area contributed by atoms with Gasteiger partial charge in [-0.25, -0.2) is 4.39 Å². The lowest BCUT2D eigenvalue weighted by Gasteiger charge is -2.26. The van der Waals surface area contributed by atoms with Crippen molar-refractivity contribution in [2.24, 2.45) is 0 Å². The van der Waals surface area contributed by atoms with Crippen LogP contribution in [0.3, 0.4) is 0 Å². The molecule has 0 radical (unpaired) electrons. The van der Waals surface area contributed by atoms with Gasteiger partial charge in [-0.1, -0.05) is 41.9 Å². The van der Waals surface area contributed by atoms with Gasteiger partial charge in [0.1, 0.15) is 5.82 Å². The van der Waals surface area contributed by atoms with E-state index in [4.69, 9.17) is 11.6 Å². The highest BCUT2D eigenvalue weighted by Gasteiger charge is 2.21. The van der Waals surface area contributed by atoms with Crippen LogP contribution in [0.15, 0.2) is 42.5 Å². The fraction of sp³-hybridized carbons (Fsp3) is 0.316.